The molecule has 23 heavy (non-hydrogen) atoms. The van der Waals surface area contributed by atoms with Gasteiger partial charge in [0.15, 0.2) is 5.79 Å². The van der Waals surface area contributed by atoms with Gasteiger partial charge in [-0.15, -0.1) is 0 Å². The average Bonchev–Trinajstić information content (AvgIpc) is 3.20. The number of aromatic nitrogens is 2. The van der Waals surface area contributed by atoms with Gasteiger partial charge in [0.2, 0.25) is 11.7 Å². The van der Waals surface area contributed by atoms with Crippen LogP contribution in [0.3, 0.4) is 0 Å². The molecule has 7 heteroatoms. The molecular weight excluding hydrogens is 318 g/mol. The van der Waals surface area contributed by atoms with Gasteiger partial charge in [-0.25, -0.2) is 0 Å². The van der Waals surface area contributed by atoms with Crippen molar-refractivity contribution in [3.05, 3.63) is 35.2 Å². The van der Waals surface area contributed by atoms with Crippen LogP contribution >= 0.6 is 11.6 Å². The standard InChI is InChI=1S/C16H18ClN3O3/c17-13-3-1-2-12(10-13)15-18-14(23-19-15)11-20-6-4-16(5-7-20)21-8-9-22-16/h1-3,10H,4-9,11H2. The first-order chi connectivity index (χ1) is 11.2. The van der Waals surface area contributed by atoms with Crippen LogP contribution in [-0.4, -0.2) is 47.1 Å². The van der Waals surface area contributed by atoms with Gasteiger partial charge in [0.1, 0.15) is 0 Å². The van der Waals surface area contributed by atoms with Crippen LogP contribution in [0.15, 0.2) is 28.8 Å². The smallest absolute Gasteiger partial charge is 0.241 e. The predicted octanol–water partition coefficient (Wildman–Crippen LogP) is 2.73. The highest BCUT2D eigenvalue weighted by Gasteiger charge is 2.39. The van der Waals surface area contributed by atoms with Gasteiger partial charge in [-0.2, -0.15) is 4.98 Å². The van der Waals surface area contributed by atoms with Crippen molar-refractivity contribution in [2.75, 3.05) is 26.3 Å². The molecule has 122 valence electrons. The number of piperidine rings is 1. The van der Waals surface area contributed by atoms with E-state index in [-0.39, 0.29) is 5.79 Å². The van der Waals surface area contributed by atoms with Crippen LogP contribution in [0.5, 0.6) is 0 Å². The third-order valence-electron chi connectivity index (χ3n) is 4.34. The van der Waals surface area contributed by atoms with E-state index in [1.54, 1.807) is 0 Å². The summed E-state index contributed by atoms with van der Waals surface area (Å²) in [7, 11) is 0. The first kappa shape index (κ1) is 15.1. The summed E-state index contributed by atoms with van der Waals surface area (Å²) in [6.45, 7) is 3.84. The molecule has 2 saturated heterocycles. The Labute approximate surface area is 139 Å². The second-order valence-electron chi connectivity index (χ2n) is 5.91. The van der Waals surface area contributed by atoms with Gasteiger partial charge >= 0.3 is 0 Å². The lowest BCUT2D eigenvalue weighted by molar-refractivity contribution is -0.186. The Bertz CT molecular complexity index is 675. The van der Waals surface area contributed by atoms with Gasteiger partial charge < -0.3 is 14.0 Å². The monoisotopic (exact) mass is 335 g/mol. The maximum absolute atomic E-state index is 6.00. The Kier molecular flexibility index (Phi) is 4.07. The van der Waals surface area contributed by atoms with Gasteiger partial charge in [-0.05, 0) is 12.1 Å². The van der Waals surface area contributed by atoms with Crippen LogP contribution in [0.1, 0.15) is 18.7 Å². The second kappa shape index (κ2) is 6.20. The topological polar surface area (TPSA) is 60.6 Å². The molecule has 6 nitrogen and oxygen atoms in total. The molecule has 2 aromatic rings. The highest BCUT2D eigenvalue weighted by Crippen LogP contribution is 2.31. The highest BCUT2D eigenvalue weighted by molar-refractivity contribution is 6.30. The van der Waals surface area contributed by atoms with Crippen molar-refractivity contribution in [3.8, 4) is 11.4 Å². The van der Waals surface area contributed by atoms with E-state index < -0.39 is 0 Å². The zero-order chi connectivity index (χ0) is 15.7. The molecule has 2 aliphatic rings. The van der Waals surface area contributed by atoms with Crippen molar-refractivity contribution < 1.29 is 14.0 Å². The Morgan fingerprint density at radius 3 is 2.70 bits per heavy atom. The SMILES string of the molecule is Clc1cccc(-c2noc(CN3CCC4(CC3)OCCO4)n2)c1. The minimum atomic E-state index is -0.350. The molecule has 2 aliphatic heterocycles. The Balaban J connectivity index is 1.39. The summed E-state index contributed by atoms with van der Waals surface area (Å²) in [5, 5.41) is 4.70. The number of nitrogens with zero attached hydrogens (tertiary/aromatic N) is 3. The molecule has 3 heterocycles. The van der Waals surface area contributed by atoms with E-state index in [1.165, 1.54) is 0 Å². The van der Waals surface area contributed by atoms with Crippen LogP contribution < -0.4 is 0 Å². The lowest BCUT2D eigenvalue weighted by atomic mass is 10.0. The van der Waals surface area contributed by atoms with Crippen molar-refractivity contribution in [1.29, 1.82) is 0 Å². The fourth-order valence-electron chi connectivity index (χ4n) is 3.09. The molecule has 0 saturated carbocycles. The fourth-order valence-corrected chi connectivity index (χ4v) is 3.28. The zero-order valence-electron chi connectivity index (χ0n) is 12.7. The molecule has 1 aromatic carbocycles. The van der Waals surface area contributed by atoms with E-state index in [2.05, 4.69) is 15.0 Å². The summed E-state index contributed by atoms with van der Waals surface area (Å²) in [6.07, 6.45) is 1.75. The lowest BCUT2D eigenvalue weighted by Crippen LogP contribution is -2.44. The quantitative estimate of drug-likeness (QED) is 0.859. The first-order valence-electron chi connectivity index (χ1n) is 7.81. The van der Waals surface area contributed by atoms with Crippen LogP contribution in [-0.2, 0) is 16.0 Å². The highest BCUT2D eigenvalue weighted by atomic mass is 35.5. The van der Waals surface area contributed by atoms with Crippen LogP contribution in [0.4, 0.5) is 0 Å². The number of benzene rings is 1. The van der Waals surface area contributed by atoms with E-state index in [4.69, 9.17) is 25.6 Å². The normalized spacial score (nSPS) is 21.1. The number of hydrogen-bond donors (Lipinski definition) is 0. The van der Waals surface area contributed by atoms with E-state index in [1.807, 2.05) is 24.3 Å². The molecule has 4 rings (SSSR count). The van der Waals surface area contributed by atoms with Gasteiger partial charge in [-0.3, -0.25) is 4.90 Å². The van der Waals surface area contributed by atoms with Gasteiger partial charge in [0, 0.05) is 36.5 Å². The second-order valence-corrected chi connectivity index (χ2v) is 6.34. The summed E-state index contributed by atoms with van der Waals surface area (Å²) in [5.74, 6) is 0.833. The summed E-state index contributed by atoms with van der Waals surface area (Å²) in [6, 6.07) is 7.44. The molecular formula is C16H18ClN3O3. The Hall–Kier alpha value is -1.47. The largest absolute Gasteiger partial charge is 0.347 e. The van der Waals surface area contributed by atoms with Crippen LogP contribution in [0.25, 0.3) is 11.4 Å². The average molecular weight is 336 g/mol. The first-order valence-corrected chi connectivity index (χ1v) is 8.19. The maximum Gasteiger partial charge on any atom is 0.241 e. The zero-order valence-corrected chi connectivity index (χ0v) is 13.5. The van der Waals surface area contributed by atoms with Crippen molar-refractivity contribution in [1.82, 2.24) is 15.0 Å². The summed E-state index contributed by atoms with van der Waals surface area (Å²) in [5.41, 5.74) is 0.859. The van der Waals surface area contributed by atoms with Crippen molar-refractivity contribution in [2.24, 2.45) is 0 Å². The molecule has 0 aliphatic carbocycles. The molecule has 0 radical (unpaired) electrons. The number of hydrogen-bond acceptors (Lipinski definition) is 6. The molecule has 0 amide bonds. The third-order valence-corrected chi connectivity index (χ3v) is 4.58. The molecule has 0 bridgehead atoms. The molecule has 2 fully saturated rings. The Morgan fingerprint density at radius 2 is 1.96 bits per heavy atom. The van der Waals surface area contributed by atoms with Gasteiger partial charge in [0.25, 0.3) is 0 Å². The van der Waals surface area contributed by atoms with E-state index in [0.29, 0.717) is 36.5 Å². The van der Waals surface area contributed by atoms with Crippen molar-refractivity contribution in [2.45, 2.75) is 25.2 Å². The summed E-state index contributed by atoms with van der Waals surface area (Å²) in [4.78, 5) is 6.75. The van der Waals surface area contributed by atoms with E-state index >= 15 is 0 Å². The maximum atomic E-state index is 6.00. The number of halogens is 1. The predicted molar refractivity (Wildman–Crippen MR) is 83.9 cm³/mol. The summed E-state index contributed by atoms with van der Waals surface area (Å²) < 4.78 is 16.9. The molecule has 0 N–H and O–H groups in total. The molecule has 0 atom stereocenters. The number of ether oxygens (including phenoxy) is 2. The number of rotatable bonds is 3. The van der Waals surface area contributed by atoms with Gasteiger partial charge in [0.05, 0.1) is 19.8 Å². The molecule has 1 spiro atoms. The Morgan fingerprint density at radius 1 is 1.17 bits per heavy atom. The van der Waals surface area contributed by atoms with Crippen molar-refractivity contribution >= 4 is 11.6 Å². The minimum absolute atomic E-state index is 0.350. The van der Waals surface area contributed by atoms with Crippen LogP contribution in [0, 0.1) is 0 Å². The van der Waals surface area contributed by atoms with Crippen molar-refractivity contribution in [3.63, 3.8) is 0 Å². The van der Waals surface area contributed by atoms with E-state index in [9.17, 15) is 0 Å². The third kappa shape index (κ3) is 3.26. The molecule has 0 unspecified atom stereocenters. The lowest BCUT2D eigenvalue weighted by Gasteiger charge is -2.36. The van der Waals surface area contributed by atoms with E-state index in [0.717, 1.165) is 31.5 Å². The van der Waals surface area contributed by atoms with Gasteiger partial charge in [-0.1, -0.05) is 28.9 Å². The minimum Gasteiger partial charge on any atom is -0.347 e. The summed E-state index contributed by atoms with van der Waals surface area (Å²) >= 11 is 6.00. The number of likely N-dealkylation sites (tertiary alicyclic amines) is 1. The van der Waals surface area contributed by atoms with Crippen LogP contribution in [0.2, 0.25) is 5.02 Å². The molecule has 1 aromatic heterocycles. The fraction of sp³-hybridized carbons (Fsp3) is 0.500.